The van der Waals surface area contributed by atoms with Gasteiger partial charge in [-0.1, -0.05) is 12.1 Å². The van der Waals surface area contributed by atoms with Gasteiger partial charge < -0.3 is 9.64 Å². The molecule has 1 heterocycles. The molecule has 0 atom stereocenters. The third-order valence-electron chi connectivity index (χ3n) is 4.33. The Kier molecular flexibility index (Phi) is 5.28. The number of carbonyl (C=O) groups excluding carboxylic acids is 1. The second-order valence-corrected chi connectivity index (χ2v) is 6.07. The summed E-state index contributed by atoms with van der Waals surface area (Å²) in [6.07, 6.45) is 0. The minimum atomic E-state index is -0.735. The molecule has 1 fully saturated rings. The van der Waals surface area contributed by atoms with Gasteiger partial charge in [0.25, 0.3) is 5.91 Å². The van der Waals surface area contributed by atoms with E-state index in [0.717, 1.165) is 43.6 Å². The van der Waals surface area contributed by atoms with Crippen LogP contribution in [0.3, 0.4) is 0 Å². The molecular formula is C19H20F2N2O2. The zero-order chi connectivity index (χ0) is 17.8. The summed E-state index contributed by atoms with van der Waals surface area (Å²) in [6.45, 7) is 3.30. The molecule has 2 aromatic carbocycles. The van der Waals surface area contributed by atoms with Gasteiger partial charge in [-0.05, 0) is 29.8 Å². The molecule has 1 saturated heterocycles. The van der Waals surface area contributed by atoms with E-state index in [-0.39, 0.29) is 11.5 Å². The second-order valence-electron chi connectivity index (χ2n) is 6.07. The van der Waals surface area contributed by atoms with E-state index in [1.807, 2.05) is 24.3 Å². The van der Waals surface area contributed by atoms with Crippen molar-refractivity contribution in [3.05, 3.63) is 65.2 Å². The lowest BCUT2D eigenvalue weighted by Crippen LogP contribution is -2.48. The molecule has 2 aromatic rings. The Balaban J connectivity index is 1.56. The quantitative estimate of drug-likeness (QED) is 0.853. The molecular weight excluding hydrogens is 326 g/mol. The van der Waals surface area contributed by atoms with Crippen molar-refractivity contribution < 1.29 is 18.3 Å². The van der Waals surface area contributed by atoms with Gasteiger partial charge in [-0.2, -0.15) is 0 Å². The summed E-state index contributed by atoms with van der Waals surface area (Å²) in [4.78, 5) is 16.3. The molecule has 4 nitrogen and oxygen atoms in total. The minimum absolute atomic E-state index is 0.0566. The van der Waals surface area contributed by atoms with E-state index < -0.39 is 11.6 Å². The van der Waals surface area contributed by atoms with Gasteiger partial charge in [0.15, 0.2) is 0 Å². The van der Waals surface area contributed by atoms with Crippen molar-refractivity contribution in [3.8, 4) is 5.75 Å². The predicted molar refractivity (Wildman–Crippen MR) is 90.5 cm³/mol. The maximum Gasteiger partial charge on any atom is 0.254 e. The Labute approximate surface area is 145 Å². The van der Waals surface area contributed by atoms with Gasteiger partial charge in [-0.3, -0.25) is 9.69 Å². The lowest BCUT2D eigenvalue weighted by molar-refractivity contribution is 0.0627. The van der Waals surface area contributed by atoms with Crippen LogP contribution < -0.4 is 4.74 Å². The molecule has 3 rings (SSSR count). The van der Waals surface area contributed by atoms with Crippen LogP contribution in [0.2, 0.25) is 0 Å². The first kappa shape index (κ1) is 17.4. The van der Waals surface area contributed by atoms with Crippen molar-refractivity contribution in [2.24, 2.45) is 0 Å². The minimum Gasteiger partial charge on any atom is -0.497 e. The van der Waals surface area contributed by atoms with E-state index in [1.165, 1.54) is 5.56 Å². The van der Waals surface area contributed by atoms with Crippen LogP contribution in [-0.2, 0) is 6.54 Å². The molecule has 1 aliphatic rings. The highest BCUT2D eigenvalue weighted by molar-refractivity contribution is 5.94. The fraction of sp³-hybridized carbons (Fsp3) is 0.316. The van der Waals surface area contributed by atoms with Crippen LogP contribution >= 0.6 is 0 Å². The maximum atomic E-state index is 13.3. The Hall–Kier alpha value is -2.47. The number of rotatable bonds is 4. The molecule has 0 saturated carbocycles. The van der Waals surface area contributed by atoms with Crippen LogP contribution in [0.1, 0.15) is 15.9 Å². The molecule has 6 heteroatoms. The lowest BCUT2D eigenvalue weighted by Gasteiger charge is -2.34. The number of benzene rings is 2. The van der Waals surface area contributed by atoms with Crippen LogP contribution in [0, 0.1) is 11.6 Å². The third-order valence-corrected chi connectivity index (χ3v) is 4.33. The zero-order valence-electron chi connectivity index (χ0n) is 14.0. The van der Waals surface area contributed by atoms with E-state index in [1.54, 1.807) is 12.0 Å². The van der Waals surface area contributed by atoms with Crippen molar-refractivity contribution in [2.75, 3.05) is 33.3 Å². The average Bonchev–Trinajstić information content (AvgIpc) is 2.61. The van der Waals surface area contributed by atoms with E-state index in [0.29, 0.717) is 13.1 Å². The van der Waals surface area contributed by atoms with Crippen LogP contribution in [0.15, 0.2) is 42.5 Å². The lowest BCUT2D eigenvalue weighted by atomic mass is 10.1. The number of hydrogen-bond donors (Lipinski definition) is 0. The highest BCUT2D eigenvalue weighted by Crippen LogP contribution is 2.16. The van der Waals surface area contributed by atoms with Crippen LogP contribution in [0.25, 0.3) is 0 Å². The van der Waals surface area contributed by atoms with Gasteiger partial charge in [0.2, 0.25) is 0 Å². The summed E-state index contributed by atoms with van der Waals surface area (Å²) in [6, 6.07) is 10.8. The molecule has 0 radical (unpaired) electrons. The smallest absolute Gasteiger partial charge is 0.254 e. The van der Waals surface area contributed by atoms with Crippen molar-refractivity contribution >= 4 is 5.91 Å². The van der Waals surface area contributed by atoms with Gasteiger partial charge in [0.1, 0.15) is 17.4 Å². The first-order valence-electron chi connectivity index (χ1n) is 8.16. The Morgan fingerprint density at radius 1 is 1.00 bits per heavy atom. The molecule has 1 amide bonds. The van der Waals surface area contributed by atoms with Gasteiger partial charge in [0, 0.05) is 44.4 Å². The molecule has 0 spiro atoms. The van der Waals surface area contributed by atoms with E-state index >= 15 is 0 Å². The second kappa shape index (κ2) is 7.61. The normalized spacial score (nSPS) is 15.2. The number of methoxy groups -OCH3 is 1. The Morgan fingerprint density at radius 3 is 2.16 bits per heavy atom. The molecule has 25 heavy (non-hydrogen) atoms. The first-order chi connectivity index (χ1) is 12.0. The number of carbonyl (C=O) groups is 1. The summed E-state index contributed by atoms with van der Waals surface area (Å²) >= 11 is 0. The summed E-state index contributed by atoms with van der Waals surface area (Å²) < 4.78 is 31.7. The number of nitrogens with zero attached hydrogens (tertiary/aromatic N) is 2. The number of ether oxygens (including phenoxy) is 1. The zero-order valence-corrected chi connectivity index (χ0v) is 14.0. The third kappa shape index (κ3) is 4.33. The molecule has 1 aliphatic heterocycles. The molecule has 132 valence electrons. The summed E-state index contributed by atoms with van der Waals surface area (Å²) in [5.41, 5.74) is 1.23. The highest BCUT2D eigenvalue weighted by Gasteiger charge is 2.23. The van der Waals surface area contributed by atoms with Gasteiger partial charge >= 0.3 is 0 Å². The van der Waals surface area contributed by atoms with Gasteiger partial charge in [0.05, 0.1) is 7.11 Å². The molecule has 0 aliphatic carbocycles. The largest absolute Gasteiger partial charge is 0.497 e. The number of hydrogen-bond acceptors (Lipinski definition) is 3. The molecule has 0 N–H and O–H groups in total. The SMILES string of the molecule is COc1ccc(CN2CCN(C(=O)c3cc(F)cc(F)c3)CC2)cc1. The Bertz CT molecular complexity index is 721. The van der Waals surface area contributed by atoms with Gasteiger partial charge in [-0.25, -0.2) is 8.78 Å². The molecule has 0 bridgehead atoms. The van der Waals surface area contributed by atoms with E-state index in [4.69, 9.17) is 4.74 Å². The summed E-state index contributed by atoms with van der Waals surface area (Å²) in [7, 11) is 1.63. The molecule has 0 aromatic heterocycles. The van der Waals surface area contributed by atoms with E-state index in [9.17, 15) is 13.6 Å². The van der Waals surface area contributed by atoms with E-state index in [2.05, 4.69) is 4.90 Å². The van der Waals surface area contributed by atoms with Crippen LogP contribution in [0.4, 0.5) is 8.78 Å². The fourth-order valence-corrected chi connectivity index (χ4v) is 2.96. The van der Waals surface area contributed by atoms with Crippen molar-refractivity contribution in [2.45, 2.75) is 6.54 Å². The fourth-order valence-electron chi connectivity index (χ4n) is 2.96. The van der Waals surface area contributed by atoms with Crippen LogP contribution in [0.5, 0.6) is 5.75 Å². The maximum absolute atomic E-state index is 13.3. The standard InChI is InChI=1S/C19H20F2N2O2/c1-25-18-4-2-14(3-5-18)13-22-6-8-23(9-7-22)19(24)15-10-16(20)12-17(21)11-15/h2-5,10-12H,6-9,13H2,1H3. The summed E-state index contributed by atoms with van der Waals surface area (Å²) in [5.74, 6) is -0.980. The number of amides is 1. The number of halogens is 2. The monoisotopic (exact) mass is 346 g/mol. The molecule has 0 unspecified atom stereocenters. The topological polar surface area (TPSA) is 32.8 Å². The summed E-state index contributed by atoms with van der Waals surface area (Å²) in [5, 5.41) is 0. The number of piperazine rings is 1. The van der Waals surface area contributed by atoms with Gasteiger partial charge in [-0.15, -0.1) is 0 Å². The van der Waals surface area contributed by atoms with Crippen molar-refractivity contribution in [3.63, 3.8) is 0 Å². The average molecular weight is 346 g/mol. The first-order valence-corrected chi connectivity index (χ1v) is 8.16. The van der Waals surface area contributed by atoms with Crippen molar-refractivity contribution in [1.29, 1.82) is 0 Å². The van der Waals surface area contributed by atoms with Crippen molar-refractivity contribution in [1.82, 2.24) is 9.80 Å². The van der Waals surface area contributed by atoms with Crippen LogP contribution in [-0.4, -0.2) is 49.0 Å². The Morgan fingerprint density at radius 2 is 1.60 bits per heavy atom. The highest BCUT2D eigenvalue weighted by atomic mass is 19.1. The predicted octanol–water partition coefficient (Wildman–Crippen LogP) is 2.93.